The van der Waals surface area contributed by atoms with Crippen LogP contribution in [0.15, 0.2) is 18.2 Å². The highest BCUT2D eigenvalue weighted by Gasteiger charge is 2.21. The van der Waals surface area contributed by atoms with Gasteiger partial charge in [0.2, 0.25) is 0 Å². The average molecular weight is 266 g/mol. The van der Waals surface area contributed by atoms with E-state index < -0.39 is 0 Å². The zero-order valence-corrected chi connectivity index (χ0v) is 12.4. The summed E-state index contributed by atoms with van der Waals surface area (Å²) < 4.78 is 10.7. The van der Waals surface area contributed by atoms with Crippen LogP contribution in [0.3, 0.4) is 0 Å². The van der Waals surface area contributed by atoms with Gasteiger partial charge in [-0.05, 0) is 18.4 Å². The maximum absolute atomic E-state index is 5.73. The molecule has 2 atom stereocenters. The predicted molar refractivity (Wildman–Crippen MR) is 78.3 cm³/mol. The second-order valence-electron chi connectivity index (χ2n) is 4.87. The fraction of sp³-hybridized carbons (Fsp3) is 0.600. The Morgan fingerprint density at radius 1 is 1.26 bits per heavy atom. The van der Waals surface area contributed by atoms with E-state index in [1.165, 1.54) is 12.8 Å². The number of nitrogens with two attached hydrogens (primary N) is 1. The fourth-order valence-corrected chi connectivity index (χ4v) is 2.33. The van der Waals surface area contributed by atoms with Gasteiger partial charge in [-0.25, -0.2) is 0 Å². The number of hydrogen-bond acceptors (Lipinski definition) is 4. The van der Waals surface area contributed by atoms with Crippen molar-refractivity contribution in [2.24, 2.45) is 11.8 Å². The Hall–Kier alpha value is -1.26. The van der Waals surface area contributed by atoms with Crippen molar-refractivity contribution in [3.05, 3.63) is 23.8 Å². The molecule has 0 bridgehead atoms. The van der Waals surface area contributed by atoms with Crippen molar-refractivity contribution in [1.29, 1.82) is 0 Å². The van der Waals surface area contributed by atoms with Crippen molar-refractivity contribution in [3.63, 3.8) is 0 Å². The van der Waals surface area contributed by atoms with Crippen molar-refractivity contribution in [1.82, 2.24) is 5.43 Å². The van der Waals surface area contributed by atoms with Gasteiger partial charge in [-0.3, -0.25) is 11.3 Å². The van der Waals surface area contributed by atoms with Crippen LogP contribution < -0.4 is 20.7 Å². The first-order valence-electron chi connectivity index (χ1n) is 6.85. The van der Waals surface area contributed by atoms with Crippen LogP contribution in [0.25, 0.3) is 0 Å². The lowest BCUT2D eigenvalue weighted by Gasteiger charge is -2.25. The van der Waals surface area contributed by atoms with Crippen LogP contribution in [0, 0.1) is 5.92 Å². The number of ether oxygens (including phenoxy) is 2. The van der Waals surface area contributed by atoms with Crippen LogP contribution in [0.1, 0.15) is 44.7 Å². The molecule has 0 aromatic heterocycles. The van der Waals surface area contributed by atoms with E-state index in [4.69, 9.17) is 15.3 Å². The monoisotopic (exact) mass is 266 g/mol. The molecular formula is C15H26N2O2. The zero-order valence-electron chi connectivity index (χ0n) is 12.4. The van der Waals surface area contributed by atoms with Crippen LogP contribution in [0.5, 0.6) is 11.5 Å². The van der Waals surface area contributed by atoms with E-state index in [9.17, 15) is 0 Å². The minimum atomic E-state index is 0.0902. The van der Waals surface area contributed by atoms with Gasteiger partial charge in [0.1, 0.15) is 11.5 Å². The normalized spacial score (nSPS) is 13.9. The van der Waals surface area contributed by atoms with Crippen LogP contribution >= 0.6 is 0 Å². The number of rotatable bonds is 8. The van der Waals surface area contributed by atoms with Gasteiger partial charge in [-0.1, -0.05) is 32.8 Å². The Labute approximate surface area is 116 Å². The Morgan fingerprint density at radius 2 is 2.00 bits per heavy atom. The van der Waals surface area contributed by atoms with E-state index in [-0.39, 0.29) is 6.04 Å². The molecule has 0 aliphatic rings. The molecule has 4 nitrogen and oxygen atoms in total. The largest absolute Gasteiger partial charge is 0.497 e. The van der Waals surface area contributed by atoms with Crippen molar-refractivity contribution >= 4 is 0 Å². The van der Waals surface area contributed by atoms with Gasteiger partial charge < -0.3 is 9.47 Å². The summed E-state index contributed by atoms with van der Waals surface area (Å²) in [5.74, 6) is 7.79. The standard InChI is InChI=1S/C15H26N2O2/c1-5-6-7-11(2)15(17-16)13-9-8-12(18-3)10-14(13)19-4/h8-11,15,17H,5-7,16H2,1-4H3. The molecule has 108 valence electrons. The van der Waals surface area contributed by atoms with Gasteiger partial charge in [0.05, 0.1) is 20.3 Å². The molecule has 3 N–H and O–H groups in total. The highest BCUT2D eigenvalue weighted by Crippen LogP contribution is 2.34. The number of methoxy groups -OCH3 is 2. The predicted octanol–water partition coefficient (Wildman–Crippen LogP) is 3.03. The smallest absolute Gasteiger partial charge is 0.127 e. The summed E-state index contributed by atoms with van der Waals surface area (Å²) in [5.41, 5.74) is 4.00. The molecule has 2 unspecified atom stereocenters. The zero-order chi connectivity index (χ0) is 14.3. The summed E-state index contributed by atoms with van der Waals surface area (Å²) in [7, 11) is 3.32. The second-order valence-corrected chi connectivity index (χ2v) is 4.87. The lowest BCUT2D eigenvalue weighted by molar-refractivity contribution is 0.339. The third-order valence-electron chi connectivity index (χ3n) is 3.54. The van der Waals surface area contributed by atoms with Gasteiger partial charge in [0.25, 0.3) is 0 Å². The van der Waals surface area contributed by atoms with Crippen LogP contribution in [-0.2, 0) is 0 Å². The lowest BCUT2D eigenvalue weighted by atomic mass is 9.90. The van der Waals surface area contributed by atoms with Crippen molar-refractivity contribution in [3.8, 4) is 11.5 Å². The van der Waals surface area contributed by atoms with E-state index in [0.717, 1.165) is 23.5 Å². The number of unbranched alkanes of at least 4 members (excludes halogenated alkanes) is 1. The molecule has 1 aromatic carbocycles. The highest BCUT2D eigenvalue weighted by molar-refractivity contribution is 5.42. The molecule has 0 radical (unpaired) electrons. The molecule has 0 fully saturated rings. The Balaban J connectivity index is 2.96. The van der Waals surface area contributed by atoms with Crippen molar-refractivity contribution in [2.75, 3.05) is 14.2 Å². The molecule has 0 saturated heterocycles. The topological polar surface area (TPSA) is 56.5 Å². The molecular weight excluding hydrogens is 240 g/mol. The fourth-order valence-electron chi connectivity index (χ4n) is 2.33. The van der Waals surface area contributed by atoms with E-state index in [1.54, 1.807) is 14.2 Å². The first-order valence-corrected chi connectivity index (χ1v) is 6.85. The van der Waals surface area contributed by atoms with Gasteiger partial charge in [0.15, 0.2) is 0 Å². The second kappa shape index (κ2) is 8.02. The summed E-state index contributed by atoms with van der Waals surface area (Å²) in [6.45, 7) is 4.41. The third-order valence-corrected chi connectivity index (χ3v) is 3.54. The first-order chi connectivity index (χ1) is 9.17. The maximum Gasteiger partial charge on any atom is 0.127 e. The number of benzene rings is 1. The Bertz CT molecular complexity index is 382. The Kier molecular flexibility index (Phi) is 6.67. The number of hydrogen-bond donors (Lipinski definition) is 2. The molecule has 1 aromatic rings. The molecule has 0 heterocycles. The van der Waals surface area contributed by atoms with Crippen molar-refractivity contribution in [2.45, 2.75) is 39.2 Å². The van der Waals surface area contributed by atoms with E-state index in [0.29, 0.717) is 5.92 Å². The first kappa shape index (κ1) is 15.8. The molecule has 4 heteroatoms. The van der Waals surface area contributed by atoms with Gasteiger partial charge >= 0.3 is 0 Å². The molecule has 0 saturated carbocycles. The lowest BCUT2D eigenvalue weighted by Crippen LogP contribution is -2.32. The van der Waals surface area contributed by atoms with Crippen molar-refractivity contribution < 1.29 is 9.47 Å². The molecule has 1 rings (SSSR count). The van der Waals surface area contributed by atoms with E-state index in [2.05, 4.69) is 19.3 Å². The number of nitrogens with one attached hydrogen (secondary N) is 1. The molecule has 0 amide bonds. The van der Waals surface area contributed by atoms with Crippen LogP contribution in [-0.4, -0.2) is 14.2 Å². The summed E-state index contributed by atoms with van der Waals surface area (Å²) in [5, 5.41) is 0. The van der Waals surface area contributed by atoms with Gasteiger partial charge in [-0.15, -0.1) is 0 Å². The van der Waals surface area contributed by atoms with E-state index >= 15 is 0 Å². The molecule has 0 spiro atoms. The summed E-state index contributed by atoms with van der Waals surface area (Å²) in [4.78, 5) is 0. The summed E-state index contributed by atoms with van der Waals surface area (Å²) >= 11 is 0. The van der Waals surface area contributed by atoms with Gasteiger partial charge in [0, 0.05) is 11.6 Å². The summed E-state index contributed by atoms with van der Waals surface area (Å²) in [6, 6.07) is 5.94. The maximum atomic E-state index is 5.73. The summed E-state index contributed by atoms with van der Waals surface area (Å²) in [6.07, 6.45) is 3.54. The molecule has 0 aliphatic heterocycles. The molecule has 19 heavy (non-hydrogen) atoms. The minimum absolute atomic E-state index is 0.0902. The third kappa shape index (κ3) is 4.11. The average Bonchev–Trinajstić information content (AvgIpc) is 2.46. The van der Waals surface area contributed by atoms with Crippen LogP contribution in [0.4, 0.5) is 0 Å². The minimum Gasteiger partial charge on any atom is -0.497 e. The highest BCUT2D eigenvalue weighted by atomic mass is 16.5. The number of hydrazine groups is 1. The Morgan fingerprint density at radius 3 is 2.53 bits per heavy atom. The SMILES string of the molecule is CCCCC(C)C(NN)c1ccc(OC)cc1OC. The van der Waals surface area contributed by atoms with Crippen LogP contribution in [0.2, 0.25) is 0 Å². The van der Waals surface area contributed by atoms with Gasteiger partial charge in [-0.2, -0.15) is 0 Å². The van der Waals surface area contributed by atoms with E-state index in [1.807, 2.05) is 18.2 Å². The quantitative estimate of drug-likeness (QED) is 0.561. The molecule has 0 aliphatic carbocycles.